The third-order valence-corrected chi connectivity index (χ3v) is 3.02. The van der Waals surface area contributed by atoms with Gasteiger partial charge in [-0.25, -0.2) is 0 Å². The molecule has 0 saturated carbocycles. The number of hydrogen-bond donors (Lipinski definition) is 3. The average molecular weight is 223 g/mol. The monoisotopic (exact) mass is 223 g/mol. The van der Waals surface area contributed by atoms with Gasteiger partial charge in [-0.1, -0.05) is 12.1 Å². The van der Waals surface area contributed by atoms with Gasteiger partial charge in [0.15, 0.2) is 11.5 Å². The Balaban J connectivity index is 2.02. The molecular formula is C12H17NO3. The van der Waals surface area contributed by atoms with E-state index >= 15 is 0 Å². The van der Waals surface area contributed by atoms with E-state index in [2.05, 4.69) is 12.2 Å². The summed E-state index contributed by atoms with van der Waals surface area (Å²) < 4.78 is 5.33. The van der Waals surface area contributed by atoms with Crippen molar-refractivity contribution in [2.75, 3.05) is 13.2 Å². The Labute approximate surface area is 94.9 Å². The fraction of sp³-hybridized carbons (Fsp3) is 0.500. The number of rotatable bonds is 3. The number of phenols is 2. The van der Waals surface area contributed by atoms with Crippen LogP contribution in [0.5, 0.6) is 11.5 Å². The first kappa shape index (κ1) is 11.2. The number of para-hydroxylation sites is 1. The summed E-state index contributed by atoms with van der Waals surface area (Å²) in [7, 11) is 0. The summed E-state index contributed by atoms with van der Waals surface area (Å²) in [4.78, 5) is 0. The highest BCUT2D eigenvalue weighted by atomic mass is 16.5. The molecule has 1 unspecified atom stereocenters. The summed E-state index contributed by atoms with van der Waals surface area (Å²) in [5, 5.41) is 22.3. The van der Waals surface area contributed by atoms with Crippen molar-refractivity contribution in [3.63, 3.8) is 0 Å². The molecule has 1 aliphatic heterocycles. The molecule has 1 aromatic carbocycles. The first-order valence-corrected chi connectivity index (χ1v) is 5.43. The van der Waals surface area contributed by atoms with E-state index in [-0.39, 0.29) is 17.0 Å². The minimum absolute atomic E-state index is 0.0299. The van der Waals surface area contributed by atoms with E-state index < -0.39 is 0 Å². The quantitative estimate of drug-likeness (QED) is 0.677. The first-order valence-electron chi connectivity index (χ1n) is 5.43. The maximum atomic E-state index is 9.63. The van der Waals surface area contributed by atoms with Crippen molar-refractivity contribution in [1.29, 1.82) is 0 Å². The Morgan fingerprint density at radius 1 is 1.44 bits per heavy atom. The largest absolute Gasteiger partial charge is 0.504 e. The van der Waals surface area contributed by atoms with Crippen LogP contribution in [0.2, 0.25) is 0 Å². The molecule has 0 amide bonds. The zero-order valence-corrected chi connectivity index (χ0v) is 9.36. The van der Waals surface area contributed by atoms with Crippen LogP contribution in [-0.2, 0) is 11.3 Å². The summed E-state index contributed by atoms with van der Waals surface area (Å²) in [5.41, 5.74) is 0.672. The first-order chi connectivity index (χ1) is 7.61. The molecular weight excluding hydrogens is 206 g/mol. The van der Waals surface area contributed by atoms with E-state index in [9.17, 15) is 10.2 Å². The van der Waals surface area contributed by atoms with Crippen LogP contribution in [0.3, 0.4) is 0 Å². The van der Waals surface area contributed by atoms with Crippen LogP contribution >= 0.6 is 0 Å². The predicted molar refractivity (Wildman–Crippen MR) is 60.5 cm³/mol. The van der Waals surface area contributed by atoms with Gasteiger partial charge in [0.2, 0.25) is 0 Å². The van der Waals surface area contributed by atoms with E-state index in [4.69, 9.17) is 4.74 Å². The lowest BCUT2D eigenvalue weighted by Gasteiger charge is -2.23. The SMILES string of the molecule is CC1(NCc2cccc(O)c2O)CCOC1. The lowest BCUT2D eigenvalue weighted by Crippen LogP contribution is -2.42. The Hall–Kier alpha value is -1.26. The van der Waals surface area contributed by atoms with Gasteiger partial charge < -0.3 is 20.3 Å². The zero-order chi connectivity index (χ0) is 11.6. The van der Waals surface area contributed by atoms with Crippen molar-refractivity contribution in [1.82, 2.24) is 5.32 Å². The molecule has 4 nitrogen and oxygen atoms in total. The Bertz CT molecular complexity index is 373. The number of nitrogens with one attached hydrogen (secondary N) is 1. The lowest BCUT2D eigenvalue weighted by molar-refractivity contribution is 0.171. The van der Waals surface area contributed by atoms with Gasteiger partial charge in [0.25, 0.3) is 0 Å². The van der Waals surface area contributed by atoms with Gasteiger partial charge in [-0.15, -0.1) is 0 Å². The topological polar surface area (TPSA) is 61.7 Å². The van der Waals surface area contributed by atoms with Gasteiger partial charge >= 0.3 is 0 Å². The van der Waals surface area contributed by atoms with Crippen molar-refractivity contribution >= 4 is 0 Å². The summed E-state index contributed by atoms with van der Waals surface area (Å²) in [6.45, 7) is 4.09. The number of phenolic OH excluding ortho intramolecular Hbond substituents is 2. The molecule has 1 aromatic rings. The third kappa shape index (κ3) is 2.28. The average Bonchev–Trinajstić information content (AvgIpc) is 2.68. The molecule has 0 bridgehead atoms. The van der Waals surface area contributed by atoms with Crippen LogP contribution in [0.1, 0.15) is 18.9 Å². The van der Waals surface area contributed by atoms with Crippen molar-refractivity contribution in [3.05, 3.63) is 23.8 Å². The van der Waals surface area contributed by atoms with Crippen LogP contribution in [0.25, 0.3) is 0 Å². The minimum atomic E-state index is -0.0767. The second-order valence-electron chi connectivity index (χ2n) is 4.50. The molecule has 0 radical (unpaired) electrons. The van der Waals surface area contributed by atoms with Gasteiger partial charge in [0, 0.05) is 24.3 Å². The molecule has 1 saturated heterocycles. The van der Waals surface area contributed by atoms with Crippen LogP contribution in [0.4, 0.5) is 0 Å². The minimum Gasteiger partial charge on any atom is -0.504 e. The highest BCUT2D eigenvalue weighted by Gasteiger charge is 2.28. The molecule has 88 valence electrons. The summed E-state index contributed by atoms with van der Waals surface area (Å²) in [6.07, 6.45) is 0.965. The number of ether oxygens (including phenoxy) is 1. The van der Waals surface area contributed by atoms with Gasteiger partial charge in [-0.3, -0.25) is 0 Å². The van der Waals surface area contributed by atoms with Crippen LogP contribution < -0.4 is 5.32 Å². The van der Waals surface area contributed by atoms with Crippen LogP contribution in [0.15, 0.2) is 18.2 Å². The molecule has 3 N–H and O–H groups in total. The van der Waals surface area contributed by atoms with Crippen molar-refractivity contribution in [3.8, 4) is 11.5 Å². The predicted octanol–water partition coefficient (Wildman–Crippen LogP) is 1.37. The fourth-order valence-corrected chi connectivity index (χ4v) is 1.84. The number of benzene rings is 1. The summed E-state index contributed by atoms with van der Waals surface area (Å²) in [5.74, 6) is -0.121. The van der Waals surface area contributed by atoms with Gasteiger partial charge in [-0.2, -0.15) is 0 Å². The molecule has 1 atom stereocenters. The standard InChI is InChI=1S/C12H17NO3/c1-12(5-6-16-8-12)13-7-9-3-2-4-10(14)11(9)15/h2-4,13-15H,5-8H2,1H3. The van der Waals surface area contributed by atoms with Gasteiger partial charge in [-0.05, 0) is 19.4 Å². The maximum Gasteiger partial charge on any atom is 0.161 e. The molecule has 4 heteroatoms. The fourth-order valence-electron chi connectivity index (χ4n) is 1.84. The molecule has 1 fully saturated rings. The number of hydrogen-bond acceptors (Lipinski definition) is 4. The van der Waals surface area contributed by atoms with E-state index in [1.807, 2.05) is 0 Å². The summed E-state index contributed by atoms with van der Waals surface area (Å²) >= 11 is 0. The van der Waals surface area contributed by atoms with Crippen LogP contribution in [-0.4, -0.2) is 29.0 Å². The second-order valence-corrected chi connectivity index (χ2v) is 4.50. The highest BCUT2D eigenvalue weighted by Crippen LogP contribution is 2.28. The van der Waals surface area contributed by atoms with Crippen molar-refractivity contribution in [2.24, 2.45) is 0 Å². The lowest BCUT2D eigenvalue weighted by atomic mass is 10.0. The zero-order valence-electron chi connectivity index (χ0n) is 9.36. The third-order valence-electron chi connectivity index (χ3n) is 3.02. The molecule has 2 rings (SSSR count). The van der Waals surface area contributed by atoms with Gasteiger partial charge in [0.05, 0.1) is 6.61 Å². The van der Waals surface area contributed by atoms with E-state index in [0.717, 1.165) is 13.0 Å². The Morgan fingerprint density at radius 3 is 2.94 bits per heavy atom. The normalized spacial score (nSPS) is 24.8. The maximum absolute atomic E-state index is 9.63. The molecule has 16 heavy (non-hydrogen) atoms. The summed E-state index contributed by atoms with van der Waals surface area (Å²) in [6, 6.07) is 4.99. The molecule has 1 heterocycles. The molecule has 0 aliphatic carbocycles. The Morgan fingerprint density at radius 2 is 2.25 bits per heavy atom. The van der Waals surface area contributed by atoms with Crippen molar-refractivity contribution < 1.29 is 14.9 Å². The molecule has 1 aliphatic rings. The van der Waals surface area contributed by atoms with E-state index in [1.54, 1.807) is 12.1 Å². The van der Waals surface area contributed by atoms with Crippen LogP contribution in [0, 0.1) is 0 Å². The van der Waals surface area contributed by atoms with E-state index in [1.165, 1.54) is 6.07 Å². The number of aromatic hydroxyl groups is 2. The smallest absolute Gasteiger partial charge is 0.161 e. The Kier molecular flexibility index (Phi) is 3.03. The van der Waals surface area contributed by atoms with E-state index in [0.29, 0.717) is 18.7 Å². The second kappa shape index (κ2) is 4.31. The molecule has 0 aromatic heterocycles. The van der Waals surface area contributed by atoms with Crippen molar-refractivity contribution in [2.45, 2.75) is 25.4 Å². The highest BCUT2D eigenvalue weighted by molar-refractivity contribution is 5.44. The molecule has 0 spiro atoms. The van der Waals surface area contributed by atoms with Gasteiger partial charge in [0.1, 0.15) is 0 Å².